The number of H-pyrrole nitrogens is 1. The quantitative estimate of drug-likeness (QED) is 0.610. The standard InChI is InChI=1S/C16H17N5O2/c22-16(21-13-10-19-20-11-13)18-8-3-9-23-14-6-1-4-12-5-2-7-17-15(12)14/h1-2,4-7,10-11H,3,8-9H2,(H,19,20)(H2,18,21,22). The number of aromatic nitrogens is 3. The zero-order chi connectivity index (χ0) is 15.9. The number of hydrogen-bond donors (Lipinski definition) is 3. The number of pyridine rings is 1. The van der Waals surface area contributed by atoms with E-state index < -0.39 is 0 Å². The van der Waals surface area contributed by atoms with Gasteiger partial charge in [0.15, 0.2) is 0 Å². The highest BCUT2D eigenvalue weighted by atomic mass is 16.5. The lowest BCUT2D eigenvalue weighted by Crippen LogP contribution is -2.30. The summed E-state index contributed by atoms with van der Waals surface area (Å²) in [7, 11) is 0. The van der Waals surface area contributed by atoms with Crippen molar-refractivity contribution in [3.8, 4) is 5.75 Å². The first kappa shape index (κ1) is 14.8. The third-order valence-corrected chi connectivity index (χ3v) is 3.22. The number of amides is 2. The minimum atomic E-state index is -0.266. The van der Waals surface area contributed by atoms with Crippen LogP contribution in [0.15, 0.2) is 48.9 Å². The second-order valence-corrected chi connectivity index (χ2v) is 4.90. The predicted molar refractivity (Wildman–Crippen MR) is 87.5 cm³/mol. The third-order valence-electron chi connectivity index (χ3n) is 3.22. The summed E-state index contributed by atoms with van der Waals surface area (Å²) in [5.74, 6) is 0.756. The molecule has 3 rings (SSSR count). The molecular formula is C16H17N5O2. The molecule has 0 aliphatic carbocycles. The predicted octanol–water partition coefficient (Wildman–Crippen LogP) is 2.55. The van der Waals surface area contributed by atoms with Crippen molar-refractivity contribution in [3.63, 3.8) is 0 Å². The molecule has 0 saturated carbocycles. The fraction of sp³-hybridized carbons (Fsp3) is 0.188. The molecule has 2 amide bonds. The molecule has 0 unspecified atom stereocenters. The van der Waals surface area contributed by atoms with Gasteiger partial charge in [-0.3, -0.25) is 10.1 Å². The lowest BCUT2D eigenvalue weighted by Gasteiger charge is -2.09. The Hall–Kier alpha value is -3.09. The Morgan fingerprint density at radius 1 is 1.26 bits per heavy atom. The van der Waals surface area contributed by atoms with Crippen LogP contribution in [-0.2, 0) is 0 Å². The first-order chi connectivity index (χ1) is 11.3. The number of urea groups is 1. The summed E-state index contributed by atoms with van der Waals surface area (Å²) < 4.78 is 5.76. The van der Waals surface area contributed by atoms with Crippen LogP contribution in [0.1, 0.15) is 6.42 Å². The molecule has 2 heterocycles. The van der Waals surface area contributed by atoms with E-state index in [9.17, 15) is 4.79 Å². The number of nitrogens with zero attached hydrogens (tertiary/aromatic N) is 2. The number of nitrogens with one attached hydrogen (secondary N) is 3. The largest absolute Gasteiger partial charge is 0.491 e. The molecule has 0 atom stereocenters. The highest BCUT2D eigenvalue weighted by Gasteiger charge is 2.04. The van der Waals surface area contributed by atoms with Gasteiger partial charge in [-0.1, -0.05) is 18.2 Å². The molecule has 3 aromatic rings. The van der Waals surface area contributed by atoms with Crippen LogP contribution in [0.25, 0.3) is 10.9 Å². The number of carbonyl (C=O) groups excluding carboxylic acids is 1. The summed E-state index contributed by atoms with van der Waals surface area (Å²) in [5, 5.41) is 12.8. The number of carbonyl (C=O) groups is 1. The van der Waals surface area contributed by atoms with E-state index >= 15 is 0 Å². The van der Waals surface area contributed by atoms with Crippen LogP contribution >= 0.6 is 0 Å². The minimum Gasteiger partial charge on any atom is -0.491 e. The molecule has 23 heavy (non-hydrogen) atoms. The Labute approximate surface area is 133 Å². The maximum Gasteiger partial charge on any atom is 0.319 e. The van der Waals surface area contributed by atoms with Gasteiger partial charge in [0.05, 0.1) is 18.5 Å². The highest BCUT2D eigenvalue weighted by Crippen LogP contribution is 2.22. The number of ether oxygens (including phenoxy) is 1. The highest BCUT2D eigenvalue weighted by molar-refractivity contribution is 5.88. The summed E-state index contributed by atoms with van der Waals surface area (Å²) in [6, 6.07) is 9.46. The van der Waals surface area contributed by atoms with Gasteiger partial charge in [-0.15, -0.1) is 0 Å². The molecule has 2 aromatic heterocycles. The number of rotatable bonds is 6. The van der Waals surface area contributed by atoms with Gasteiger partial charge >= 0.3 is 6.03 Å². The number of fused-ring (bicyclic) bond motifs is 1. The number of hydrogen-bond acceptors (Lipinski definition) is 4. The molecule has 0 spiro atoms. The molecule has 0 fully saturated rings. The van der Waals surface area contributed by atoms with Gasteiger partial charge in [-0.2, -0.15) is 5.10 Å². The average molecular weight is 311 g/mol. The second kappa shape index (κ2) is 7.26. The van der Waals surface area contributed by atoms with E-state index in [-0.39, 0.29) is 6.03 Å². The zero-order valence-electron chi connectivity index (χ0n) is 12.5. The van der Waals surface area contributed by atoms with Crippen LogP contribution in [0.5, 0.6) is 5.75 Å². The lowest BCUT2D eigenvalue weighted by atomic mass is 10.2. The fourth-order valence-electron chi connectivity index (χ4n) is 2.14. The first-order valence-electron chi connectivity index (χ1n) is 7.33. The lowest BCUT2D eigenvalue weighted by molar-refractivity contribution is 0.250. The molecule has 7 nitrogen and oxygen atoms in total. The van der Waals surface area contributed by atoms with E-state index in [4.69, 9.17) is 4.74 Å². The van der Waals surface area contributed by atoms with Gasteiger partial charge in [-0.25, -0.2) is 4.79 Å². The summed E-state index contributed by atoms with van der Waals surface area (Å²) in [4.78, 5) is 15.9. The van der Waals surface area contributed by atoms with Crippen LogP contribution in [0.3, 0.4) is 0 Å². The van der Waals surface area contributed by atoms with E-state index in [1.54, 1.807) is 12.4 Å². The van der Waals surface area contributed by atoms with Gasteiger partial charge in [0.25, 0.3) is 0 Å². The minimum absolute atomic E-state index is 0.266. The van der Waals surface area contributed by atoms with Crippen LogP contribution in [-0.4, -0.2) is 34.4 Å². The maximum atomic E-state index is 11.6. The van der Waals surface area contributed by atoms with E-state index in [0.717, 1.165) is 16.7 Å². The molecular weight excluding hydrogens is 294 g/mol. The summed E-state index contributed by atoms with van der Waals surface area (Å²) in [5.41, 5.74) is 1.47. The Morgan fingerprint density at radius 3 is 3.04 bits per heavy atom. The summed E-state index contributed by atoms with van der Waals surface area (Å²) in [6.07, 6.45) is 5.59. The molecule has 3 N–H and O–H groups in total. The van der Waals surface area contributed by atoms with Gasteiger partial charge in [-0.05, 0) is 18.6 Å². The van der Waals surface area contributed by atoms with Gasteiger partial charge in [0.2, 0.25) is 0 Å². The van der Waals surface area contributed by atoms with Crippen LogP contribution in [0.4, 0.5) is 10.5 Å². The third kappa shape index (κ3) is 3.97. The molecule has 0 saturated heterocycles. The van der Waals surface area contributed by atoms with Crippen LogP contribution in [0, 0.1) is 0 Å². The molecule has 0 bridgehead atoms. The Morgan fingerprint density at radius 2 is 2.17 bits per heavy atom. The van der Waals surface area contributed by atoms with E-state index in [0.29, 0.717) is 25.3 Å². The normalized spacial score (nSPS) is 10.4. The summed E-state index contributed by atoms with van der Waals surface area (Å²) in [6.45, 7) is 1.02. The van der Waals surface area contributed by atoms with Crippen molar-refractivity contribution in [1.29, 1.82) is 0 Å². The SMILES string of the molecule is O=C(NCCCOc1cccc2cccnc12)Nc1cn[nH]c1. The van der Waals surface area contributed by atoms with Crippen LogP contribution < -0.4 is 15.4 Å². The molecule has 0 aliphatic heterocycles. The van der Waals surface area contributed by atoms with Crippen molar-refractivity contribution in [2.45, 2.75) is 6.42 Å². The van der Waals surface area contributed by atoms with E-state index in [2.05, 4.69) is 25.8 Å². The Bertz CT molecular complexity index is 768. The fourth-order valence-corrected chi connectivity index (χ4v) is 2.14. The molecule has 118 valence electrons. The number of benzene rings is 1. The topological polar surface area (TPSA) is 91.9 Å². The molecule has 1 aromatic carbocycles. The number of anilines is 1. The van der Waals surface area contributed by atoms with E-state index in [1.807, 2.05) is 30.3 Å². The number of aromatic amines is 1. The monoisotopic (exact) mass is 311 g/mol. The number of para-hydroxylation sites is 1. The zero-order valence-corrected chi connectivity index (χ0v) is 12.5. The van der Waals surface area contributed by atoms with Crippen molar-refractivity contribution < 1.29 is 9.53 Å². The van der Waals surface area contributed by atoms with E-state index in [1.165, 1.54) is 6.20 Å². The van der Waals surface area contributed by atoms with Gasteiger partial charge in [0.1, 0.15) is 11.3 Å². The van der Waals surface area contributed by atoms with Crippen molar-refractivity contribution in [2.75, 3.05) is 18.5 Å². The molecule has 0 radical (unpaired) electrons. The van der Waals surface area contributed by atoms with Gasteiger partial charge < -0.3 is 15.4 Å². The smallest absolute Gasteiger partial charge is 0.319 e. The average Bonchev–Trinajstić information content (AvgIpc) is 3.07. The molecule has 7 heteroatoms. The Kier molecular flexibility index (Phi) is 4.68. The maximum absolute atomic E-state index is 11.6. The first-order valence-corrected chi connectivity index (χ1v) is 7.33. The molecule has 0 aliphatic rings. The van der Waals surface area contributed by atoms with Crippen molar-refractivity contribution in [2.24, 2.45) is 0 Å². The van der Waals surface area contributed by atoms with Crippen molar-refractivity contribution in [3.05, 3.63) is 48.9 Å². The second-order valence-electron chi connectivity index (χ2n) is 4.90. The Balaban J connectivity index is 1.42. The van der Waals surface area contributed by atoms with Crippen LogP contribution in [0.2, 0.25) is 0 Å². The van der Waals surface area contributed by atoms with Crippen molar-refractivity contribution in [1.82, 2.24) is 20.5 Å². The van der Waals surface area contributed by atoms with Gasteiger partial charge in [0, 0.05) is 24.3 Å². The van der Waals surface area contributed by atoms with Crippen molar-refractivity contribution >= 4 is 22.6 Å². The summed E-state index contributed by atoms with van der Waals surface area (Å²) >= 11 is 0.